The van der Waals surface area contributed by atoms with E-state index in [1.165, 1.54) is 0 Å². The smallest absolute Gasteiger partial charge is 0.251 e. The Balaban J connectivity index is 1.63. The summed E-state index contributed by atoms with van der Waals surface area (Å²) in [5.74, 6) is -0.300. The lowest BCUT2D eigenvalue weighted by Crippen LogP contribution is -2.56. The Labute approximate surface area is 257 Å². The van der Waals surface area contributed by atoms with Gasteiger partial charge in [0.1, 0.15) is 12.1 Å². The molecule has 2 aliphatic heterocycles. The van der Waals surface area contributed by atoms with Crippen LogP contribution in [0.1, 0.15) is 45.7 Å². The quantitative estimate of drug-likeness (QED) is 0.203. The van der Waals surface area contributed by atoms with Gasteiger partial charge in [0, 0.05) is 63.1 Å². The summed E-state index contributed by atoms with van der Waals surface area (Å²) >= 11 is 0. The number of hydrogen-bond donors (Lipinski definition) is 3. The molecule has 2 aliphatic rings. The predicted octanol–water partition coefficient (Wildman–Crippen LogP) is 3.98. The largest absolute Gasteiger partial charge is 0.404 e. The summed E-state index contributed by atoms with van der Waals surface area (Å²) in [7, 11) is 4.02. The van der Waals surface area contributed by atoms with Crippen LogP contribution in [0, 0.1) is 6.92 Å². The van der Waals surface area contributed by atoms with E-state index in [2.05, 4.69) is 64.6 Å². The van der Waals surface area contributed by atoms with Gasteiger partial charge in [-0.2, -0.15) is 0 Å². The van der Waals surface area contributed by atoms with Crippen molar-refractivity contribution in [2.75, 3.05) is 64.1 Å². The molecule has 0 saturated carbocycles. The number of amides is 2. The van der Waals surface area contributed by atoms with Gasteiger partial charge in [-0.1, -0.05) is 19.1 Å². The van der Waals surface area contributed by atoms with E-state index in [4.69, 9.17) is 10.5 Å². The molecule has 43 heavy (non-hydrogen) atoms. The van der Waals surface area contributed by atoms with Crippen LogP contribution >= 0.6 is 0 Å². The van der Waals surface area contributed by atoms with Crippen LogP contribution in [0.5, 0.6) is 0 Å². The zero-order valence-corrected chi connectivity index (χ0v) is 26.7. The van der Waals surface area contributed by atoms with Crippen LogP contribution in [-0.4, -0.2) is 98.0 Å². The van der Waals surface area contributed by atoms with E-state index >= 15 is 0 Å². The lowest BCUT2D eigenvalue weighted by molar-refractivity contribution is -0.942. The van der Waals surface area contributed by atoms with Gasteiger partial charge in [-0.15, -0.1) is 0 Å². The third-order valence-electron chi connectivity index (χ3n) is 8.53. The van der Waals surface area contributed by atoms with Crippen molar-refractivity contribution in [1.82, 2.24) is 9.88 Å². The number of allylic oxidation sites excluding steroid dienone is 3. The Morgan fingerprint density at radius 2 is 2.07 bits per heavy atom. The van der Waals surface area contributed by atoms with Gasteiger partial charge in [0.25, 0.3) is 5.91 Å². The molecule has 3 rings (SSSR count). The van der Waals surface area contributed by atoms with Crippen LogP contribution in [0.25, 0.3) is 0 Å². The fourth-order valence-corrected chi connectivity index (χ4v) is 5.63. The van der Waals surface area contributed by atoms with Gasteiger partial charge >= 0.3 is 0 Å². The van der Waals surface area contributed by atoms with Crippen LogP contribution in [0.2, 0.25) is 0 Å². The Bertz CT molecular complexity index is 1280. The lowest BCUT2D eigenvalue weighted by atomic mass is 10.0. The molecule has 1 fully saturated rings. The average Bonchev–Trinajstić information content (AvgIpc) is 3.31. The summed E-state index contributed by atoms with van der Waals surface area (Å²) in [6.45, 7) is 12.2. The topological polar surface area (TPSA) is 122 Å². The molecule has 3 atom stereocenters. The number of likely N-dealkylation sites (N-methyl/N-ethyl adjacent to an activating group) is 1. The summed E-state index contributed by atoms with van der Waals surface area (Å²) < 4.78 is 6.29. The molecule has 0 aliphatic carbocycles. The highest BCUT2D eigenvalue weighted by molar-refractivity contribution is 6.04. The van der Waals surface area contributed by atoms with Crippen molar-refractivity contribution in [3.63, 3.8) is 0 Å². The monoisotopic (exact) mass is 592 g/mol. The number of aliphatic imine (C=N–C) groups is 1. The number of aromatic nitrogens is 1. The minimum Gasteiger partial charge on any atom is -0.404 e. The first-order valence-electron chi connectivity index (χ1n) is 15.2. The summed E-state index contributed by atoms with van der Waals surface area (Å²) in [5.41, 5.74) is 10.3. The summed E-state index contributed by atoms with van der Waals surface area (Å²) in [4.78, 5) is 36.4. The Kier molecular flexibility index (Phi) is 12.9. The zero-order chi connectivity index (χ0) is 31.4. The molecule has 10 nitrogen and oxygen atoms in total. The molecule has 0 bridgehead atoms. The second-order valence-corrected chi connectivity index (χ2v) is 11.6. The van der Waals surface area contributed by atoms with Crippen LogP contribution in [-0.2, 0) is 14.3 Å². The number of hydrogen-bond acceptors (Lipinski definition) is 7. The van der Waals surface area contributed by atoms with Gasteiger partial charge < -0.3 is 25.6 Å². The molecule has 234 valence electrons. The number of rotatable bonds is 11. The predicted molar refractivity (Wildman–Crippen MR) is 175 cm³/mol. The van der Waals surface area contributed by atoms with Crippen molar-refractivity contribution in [1.29, 1.82) is 0 Å². The first-order chi connectivity index (χ1) is 20.6. The molecule has 0 radical (unpaired) electrons. The van der Waals surface area contributed by atoms with Crippen molar-refractivity contribution in [2.45, 2.75) is 59.0 Å². The van der Waals surface area contributed by atoms with E-state index in [9.17, 15) is 9.59 Å². The highest BCUT2D eigenvalue weighted by Gasteiger charge is 2.35. The van der Waals surface area contributed by atoms with E-state index in [1.807, 2.05) is 19.9 Å². The van der Waals surface area contributed by atoms with E-state index in [1.54, 1.807) is 31.7 Å². The van der Waals surface area contributed by atoms with Gasteiger partial charge in [0.15, 0.2) is 0 Å². The second kappa shape index (κ2) is 16.3. The first kappa shape index (κ1) is 33.9. The molecular formula is C33H50N7O3+. The molecule has 3 unspecified atom stereocenters. The minimum absolute atomic E-state index is 0.115. The molecule has 1 aromatic heterocycles. The van der Waals surface area contributed by atoms with E-state index in [-0.39, 0.29) is 17.9 Å². The number of nitrogens with one attached hydrogen (secondary N) is 2. The minimum atomic E-state index is -0.185. The van der Waals surface area contributed by atoms with Gasteiger partial charge in [-0.05, 0) is 51.0 Å². The van der Waals surface area contributed by atoms with Crippen molar-refractivity contribution in [3.8, 4) is 0 Å². The Morgan fingerprint density at radius 1 is 1.28 bits per heavy atom. The first-order valence-corrected chi connectivity index (χ1v) is 15.2. The number of anilines is 2. The number of ether oxygens (including phenoxy) is 1. The SMILES string of the molecule is CCC1C=CC(/C(C=NC)=C/N)=CC(C)[N+]1(C)CCC=C(C)C(=O)Nc1cc(NC(=O)CN2CCCOCC2)cnc1C. The average molecular weight is 593 g/mol. The van der Waals surface area contributed by atoms with E-state index < -0.39 is 0 Å². The van der Waals surface area contributed by atoms with Gasteiger partial charge in [-0.25, -0.2) is 0 Å². The maximum Gasteiger partial charge on any atom is 0.251 e. The molecule has 10 heteroatoms. The Hall–Kier alpha value is -3.60. The van der Waals surface area contributed by atoms with Crippen molar-refractivity contribution in [3.05, 3.63) is 65.2 Å². The molecule has 1 aromatic rings. The van der Waals surface area contributed by atoms with E-state index in [0.29, 0.717) is 41.8 Å². The third-order valence-corrected chi connectivity index (χ3v) is 8.53. The molecule has 1 saturated heterocycles. The fourth-order valence-electron chi connectivity index (χ4n) is 5.63. The third kappa shape index (κ3) is 9.44. The number of nitrogens with zero attached hydrogens (tertiary/aromatic N) is 4. The molecule has 4 N–H and O–H groups in total. The number of nitrogens with two attached hydrogens (primary N) is 1. The van der Waals surface area contributed by atoms with Crippen molar-refractivity contribution < 1.29 is 18.8 Å². The number of carbonyl (C=O) groups is 2. The highest BCUT2D eigenvalue weighted by Crippen LogP contribution is 2.28. The molecule has 2 amide bonds. The molecule has 0 spiro atoms. The lowest BCUT2D eigenvalue weighted by Gasteiger charge is -2.43. The van der Waals surface area contributed by atoms with E-state index in [0.717, 1.165) is 61.1 Å². The standard InChI is InChI=1S/C33H49N7O3/c1-7-30-12-11-27(28(20-34)21-35-5)18-25(3)40(30,6)15-8-10-24(2)33(42)38-31-19-29(22-36-26(31)4)37-32(41)23-39-13-9-16-43-17-14-39/h10-12,18-22,25,30H,7-9,13-17,23H2,1-6H3,(H3-,34,35,37,38,41,42)/p+1. The highest BCUT2D eigenvalue weighted by atomic mass is 16.5. The second-order valence-electron chi connectivity index (χ2n) is 11.6. The van der Waals surface area contributed by atoms with Gasteiger partial charge in [0.05, 0.1) is 50.0 Å². The molecule has 0 aromatic carbocycles. The van der Waals surface area contributed by atoms with Crippen molar-refractivity contribution in [2.24, 2.45) is 10.7 Å². The number of aryl methyl sites for hydroxylation is 1. The number of pyridine rings is 1. The molecule has 3 heterocycles. The molecular weight excluding hydrogens is 542 g/mol. The maximum atomic E-state index is 13.1. The maximum absolute atomic E-state index is 13.1. The van der Waals surface area contributed by atoms with Gasteiger partial charge in [-0.3, -0.25) is 24.5 Å². The zero-order valence-electron chi connectivity index (χ0n) is 26.7. The summed E-state index contributed by atoms with van der Waals surface area (Å²) in [6.07, 6.45) is 16.4. The van der Waals surface area contributed by atoms with Crippen LogP contribution in [0.15, 0.2) is 64.5 Å². The number of carbonyl (C=O) groups excluding carboxylic acids is 2. The fraction of sp³-hybridized carbons (Fsp3) is 0.515. The van der Waals surface area contributed by atoms with Crippen LogP contribution in [0.3, 0.4) is 0 Å². The normalized spacial score (nSPS) is 23.9. The summed E-state index contributed by atoms with van der Waals surface area (Å²) in [6, 6.07) is 2.32. The van der Waals surface area contributed by atoms with Crippen LogP contribution < -0.4 is 16.4 Å². The Morgan fingerprint density at radius 3 is 2.79 bits per heavy atom. The van der Waals surface area contributed by atoms with Crippen LogP contribution in [0.4, 0.5) is 11.4 Å². The number of quaternary nitrogens is 1. The van der Waals surface area contributed by atoms with Gasteiger partial charge in [0.2, 0.25) is 5.91 Å². The summed E-state index contributed by atoms with van der Waals surface area (Å²) in [5, 5.41) is 5.90. The van der Waals surface area contributed by atoms with Crippen molar-refractivity contribution >= 4 is 29.4 Å².